The number of aliphatic hydroxyl groups excluding tert-OH is 1. The maximum absolute atomic E-state index is 10.6. The van der Waals surface area contributed by atoms with Crippen molar-refractivity contribution in [2.45, 2.75) is 47.1 Å². The smallest absolute Gasteiger partial charge is 0.333 e. The lowest BCUT2D eigenvalue weighted by Crippen LogP contribution is -2.38. The third kappa shape index (κ3) is 4.27. The molecule has 13 heavy (non-hydrogen) atoms. The highest BCUT2D eigenvalue weighted by Crippen LogP contribution is 2.35. The van der Waals surface area contributed by atoms with E-state index in [1.165, 1.54) is 0 Å². The predicted octanol–water partition coefficient (Wildman–Crippen LogP) is 1.89. The minimum Gasteiger partial charge on any atom is -0.479 e. The van der Waals surface area contributed by atoms with Crippen LogP contribution in [0, 0.1) is 10.8 Å². The van der Waals surface area contributed by atoms with Crippen LogP contribution in [0.4, 0.5) is 0 Å². The van der Waals surface area contributed by atoms with E-state index >= 15 is 0 Å². The van der Waals surface area contributed by atoms with Gasteiger partial charge in [-0.1, -0.05) is 34.6 Å². The van der Waals surface area contributed by atoms with Crippen LogP contribution in [0.3, 0.4) is 0 Å². The van der Waals surface area contributed by atoms with E-state index in [1.54, 1.807) is 13.8 Å². The molecule has 1 unspecified atom stereocenters. The molecule has 0 bridgehead atoms. The molecule has 0 aromatic rings. The van der Waals surface area contributed by atoms with Gasteiger partial charge in [0.2, 0.25) is 0 Å². The summed E-state index contributed by atoms with van der Waals surface area (Å²) in [6.45, 7) is 9.64. The average molecular weight is 188 g/mol. The summed E-state index contributed by atoms with van der Waals surface area (Å²) in [5, 5.41) is 18.1. The van der Waals surface area contributed by atoms with E-state index in [9.17, 15) is 9.90 Å². The van der Waals surface area contributed by atoms with Crippen LogP contribution in [-0.2, 0) is 4.79 Å². The number of carboxylic acid groups (broad SMARTS) is 1. The van der Waals surface area contributed by atoms with Crippen molar-refractivity contribution >= 4 is 5.97 Å². The minimum absolute atomic E-state index is 0.0277. The highest BCUT2D eigenvalue weighted by atomic mass is 16.4. The van der Waals surface area contributed by atoms with E-state index in [-0.39, 0.29) is 5.41 Å². The molecular weight excluding hydrogens is 168 g/mol. The van der Waals surface area contributed by atoms with Gasteiger partial charge in [0, 0.05) is 5.41 Å². The van der Waals surface area contributed by atoms with E-state index < -0.39 is 17.5 Å². The first kappa shape index (κ1) is 12.4. The Morgan fingerprint density at radius 2 is 1.62 bits per heavy atom. The second-order valence-electron chi connectivity index (χ2n) is 5.47. The molecule has 0 amide bonds. The molecule has 0 rings (SSSR count). The molecular formula is C10H20O3. The second kappa shape index (κ2) is 3.66. The number of rotatable bonds is 3. The SMILES string of the molecule is CC(C)(C)CC(C)(C)C(O)C(=O)O. The molecule has 0 aromatic heterocycles. The van der Waals surface area contributed by atoms with Crippen LogP contribution in [0.1, 0.15) is 41.0 Å². The fourth-order valence-electron chi connectivity index (χ4n) is 1.80. The summed E-state index contributed by atoms with van der Waals surface area (Å²) in [5.41, 5.74) is -0.552. The molecule has 0 spiro atoms. The average Bonchev–Trinajstić information content (AvgIpc) is 1.80. The fourth-order valence-corrected chi connectivity index (χ4v) is 1.80. The lowest BCUT2D eigenvalue weighted by Gasteiger charge is -2.34. The first-order chi connectivity index (χ1) is 5.56. The van der Waals surface area contributed by atoms with Crippen molar-refractivity contribution in [1.29, 1.82) is 0 Å². The Labute approximate surface area is 79.8 Å². The van der Waals surface area contributed by atoms with Crippen LogP contribution in [0.25, 0.3) is 0 Å². The Bertz CT molecular complexity index is 189. The first-order valence-corrected chi connectivity index (χ1v) is 4.47. The first-order valence-electron chi connectivity index (χ1n) is 4.47. The number of aliphatic hydroxyl groups is 1. The van der Waals surface area contributed by atoms with Gasteiger partial charge in [0.1, 0.15) is 0 Å². The van der Waals surface area contributed by atoms with Crippen LogP contribution >= 0.6 is 0 Å². The molecule has 2 N–H and O–H groups in total. The standard InChI is InChI=1S/C10H20O3/c1-9(2,3)6-10(4,5)7(11)8(12)13/h7,11H,6H2,1-5H3,(H,12,13). The predicted molar refractivity (Wildman–Crippen MR) is 51.5 cm³/mol. The molecule has 0 aromatic carbocycles. The van der Waals surface area contributed by atoms with Crippen LogP contribution < -0.4 is 0 Å². The van der Waals surface area contributed by atoms with Gasteiger partial charge in [-0.2, -0.15) is 0 Å². The number of hydrogen-bond donors (Lipinski definition) is 2. The Balaban J connectivity index is 4.48. The molecule has 0 aliphatic heterocycles. The summed E-state index contributed by atoms with van der Waals surface area (Å²) in [4.78, 5) is 10.6. The highest BCUT2D eigenvalue weighted by Gasteiger charge is 2.36. The highest BCUT2D eigenvalue weighted by molar-refractivity contribution is 5.72. The van der Waals surface area contributed by atoms with Crippen LogP contribution in [0.15, 0.2) is 0 Å². The fraction of sp³-hybridized carbons (Fsp3) is 0.900. The van der Waals surface area contributed by atoms with Crippen LogP contribution in [0.2, 0.25) is 0 Å². The lowest BCUT2D eigenvalue weighted by molar-refractivity contribution is -0.154. The maximum atomic E-state index is 10.6. The third-order valence-electron chi connectivity index (χ3n) is 1.96. The number of carbonyl (C=O) groups is 1. The molecule has 0 radical (unpaired) electrons. The topological polar surface area (TPSA) is 57.5 Å². The van der Waals surface area contributed by atoms with E-state index in [2.05, 4.69) is 0 Å². The van der Waals surface area contributed by atoms with Crippen molar-refractivity contribution in [2.75, 3.05) is 0 Å². The van der Waals surface area contributed by atoms with Crippen molar-refractivity contribution in [1.82, 2.24) is 0 Å². The van der Waals surface area contributed by atoms with E-state index in [4.69, 9.17) is 5.11 Å². The van der Waals surface area contributed by atoms with Crippen molar-refractivity contribution in [3.05, 3.63) is 0 Å². The van der Waals surface area contributed by atoms with Gasteiger partial charge in [-0.3, -0.25) is 0 Å². The molecule has 0 aliphatic carbocycles. The van der Waals surface area contributed by atoms with Gasteiger partial charge < -0.3 is 10.2 Å². The summed E-state index contributed by atoms with van der Waals surface area (Å²) in [5.74, 6) is -1.14. The minimum atomic E-state index is -1.29. The van der Waals surface area contributed by atoms with E-state index in [0.717, 1.165) is 0 Å². The molecule has 78 valence electrons. The van der Waals surface area contributed by atoms with Crippen molar-refractivity contribution in [3.63, 3.8) is 0 Å². The van der Waals surface area contributed by atoms with Gasteiger partial charge in [0.15, 0.2) is 6.10 Å². The van der Waals surface area contributed by atoms with Gasteiger partial charge in [0.05, 0.1) is 0 Å². The van der Waals surface area contributed by atoms with Gasteiger partial charge >= 0.3 is 5.97 Å². The molecule has 1 atom stereocenters. The summed E-state index contributed by atoms with van der Waals surface area (Å²) in [7, 11) is 0. The zero-order valence-corrected chi connectivity index (χ0v) is 9.09. The number of carboxylic acids is 1. The largest absolute Gasteiger partial charge is 0.479 e. The summed E-state index contributed by atoms with van der Waals surface area (Å²) < 4.78 is 0. The van der Waals surface area contributed by atoms with Gasteiger partial charge in [-0.25, -0.2) is 4.79 Å². The Morgan fingerprint density at radius 3 is 1.85 bits per heavy atom. The van der Waals surface area contributed by atoms with E-state index in [1.807, 2.05) is 20.8 Å². The van der Waals surface area contributed by atoms with E-state index in [0.29, 0.717) is 6.42 Å². The van der Waals surface area contributed by atoms with Crippen LogP contribution in [0.5, 0.6) is 0 Å². The number of aliphatic carboxylic acids is 1. The maximum Gasteiger partial charge on any atom is 0.333 e. The normalized spacial score (nSPS) is 15.5. The Morgan fingerprint density at radius 1 is 1.23 bits per heavy atom. The summed E-state index contributed by atoms with van der Waals surface area (Å²) >= 11 is 0. The molecule has 0 heterocycles. The summed E-state index contributed by atoms with van der Waals surface area (Å²) in [6, 6.07) is 0. The molecule has 0 fully saturated rings. The monoisotopic (exact) mass is 188 g/mol. The lowest BCUT2D eigenvalue weighted by atomic mass is 9.73. The number of hydrogen-bond acceptors (Lipinski definition) is 2. The van der Waals surface area contributed by atoms with Gasteiger partial charge in [0.25, 0.3) is 0 Å². The van der Waals surface area contributed by atoms with Crippen molar-refractivity contribution in [2.24, 2.45) is 10.8 Å². The third-order valence-corrected chi connectivity index (χ3v) is 1.96. The second-order valence-corrected chi connectivity index (χ2v) is 5.47. The summed E-state index contributed by atoms with van der Waals surface area (Å²) in [6.07, 6.45) is -0.611. The van der Waals surface area contributed by atoms with Crippen molar-refractivity contribution in [3.8, 4) is 0 Å². The zero-order chi connectivity index (χ0) is 10.9. The molecule has 3 nitrogen and oxygen atoms in total. The molecule has 3 heteroatoms. The molecule has 0 aliphatic rings. The van der Waals surface area contributed by atoms with Gasteiger partial charge in [-0.05, 0) is 11.8 Å². The van der Waals surface area contributed by atoms with Gasteiger partial charge in [-0.15, -0.1) is 0 Å². The zero-order valence-electron chi connectivity index (χ0n) is 9.09. The molecule has 0 saturated heterocycles. The Hall–Kier alpha value is -0.570. The Kier molecular flexibility index (Phi) is 3.50. The van der Waals surface area contributed by atoms with Crippen LogP contribution in [-0.4, -0.2) is 22.3 Å². The molecule has 0 saturated carbocycles. The van der Waals surface area contributed by atoms with Crippen molar-refractivity contribution < 1.29 is 15.0 Å². The quantitative estimate of drug-likeness (QED) is 0.711.